The molecule has 3 heterocycles. The Morgan fingerprint density at radius 1 is 0.881 bits per heavy atom. The van der Waals surface area contributed by atoms with E-state index >= 15 is 0 Å². The van der Waals surface area contributed by atoms with Gasteiger partial charge in [0.2, 0.25) is 5.91 Å². The number of nitrogens with one attached hydrogen (secondary N) is 1. The van der Waals surface area contributed by atoms with Gasteiger partial charge in [0.15, 0.2) is 12.1 Å². The lowest BCUT2D eigenvalue weighted by molar-refractivity contribution is -0.255. The molecule has 228 valence electrons. The summed E-state index contributed by atoms with van der Waals surface area (Å²) in [6, 6.07) is 15.4. The van der Waals surface area contributed by atoms with E-state index in [-0.39, 0.29) is 31.1 Å². The van der Waals surface area contributed by atoms with Crippen molar-refractivity contribution < 1.29 is 38.7 Å². The molecular weight excluding hydrogens is 540 g/mol. The van der Waals surface area contributed by atoms with Gasteiger partial charge in [0.1, 0.15) is 0 Å². The Morgan fingerprint density at radius 2 is 1.55 bits per heavy atom. The summed E-state index contributed by atoms with van der Waals surface area (Å²) in [4.78, 5) is 25.4. The molecule has 42 heavy (non-hydrogen) atoms. The van der Waals surface area contributed by atoms with Gasteiger partial charge in [-0.05, 0) is 36.1 Å². The number of anilines is 1. The Labute approximate surface area is 246 Å². The van der Waals surface area contributed by atoms with Crippen LogP contribution in [0.15, 0.2) is 48.5 Å². The second kappa shape index (κ2) is 14.5. The number of carboxylic acid groups (broad SMARTS) is 1. The highest BCUT2D eigenvalue weighted by molar-refractivity contribution is 5.90. The van der Waals surface area contributed by atoms with Crippen molar-refractivity contribution in [1.29, 1.82) is 0 Å². The summed E-state index contributed by atoms with van der Waals surface area (Å²) < 4.78 is 24.8. The molecule has 3 fully saturated rings. The van der Waals surface area contributed by atoms with Gasteiger partial charge in [-0.1, -0.05) is 42.8 Å². The van der Waals surface area contributed by atoms with Crippen LogP contribution in [-0.4, -0.2) is 71.7 Å². The number of hydrogen-bond acceptors (Lipinski definition) is 8. The lowest BCUT2D eigenvalue weighted by Crippen LogP contribution is -2.48. The molecule has 1 amide bonds. The number of aliphatic carboxylic acids is 1. The highest BCUT2D eigenvalue weighted by Crippen LogP contribution is 2.39. The number of aliphatic hydroxyl groups is 1. The van der Waals surface area contributed by atoms with Gasteiger partial charge in [-0.2, -0.15) is 0 Å². The van der Waals surface area contributed by atoms with Crippen LogP contribution in [0.3, 0.4) is 0 Å². The number of amides is 1. The Morgan fingerprint density at radius 3 is 2.21 bits per heavy atom. The number of unbranched alkanes of at least 4 members (excludes halogenated alkanes) is 2. The first-order chi connectivity index (χ1) is 20.4. The Kier molecular flexibility index (Phi) is 10.6. The smallest absolute Gasteiger partial charge is 0.303 e. The average Bonchev–Trinajstić information content (AvgIpc) is 3.46. The monoisotopic (exact) mass is 582 g/mol. The van der Waals surface area contributed by atoms with E-state index in [1.165, 1.54) is 0 Å². The van der Waals surface area contributed by atoms with Gasteiger partial charge in [0.05, 0.1) is 32.0 Å². The minimum Gasteiger partial charge on any atom is -0.481 e. The molecule has 3 aliphatic rings. The van der Waals surface area contributed by atoms with Crippen LogP contribution in [0.4, 0.5) is 5.69 Å². The summed E-state index contributed by atoms with van der Waals surface area (Å²) >= 11 is 0. The topological polar surface area (TPSA) is 127 Å². The molecule has 2 aromatic carbocycles. The quantitative estimate of drug-likeness (QED) is 0.309. The minimum atomic E-state index is -0.809. The van der Waals surface area contributed by atoms with Crippen molar-refractivity contribution in [3.63, 3.8) is 0 Å². The zero-order chi connectivity index (χ0) is 29.4. The van der Waals surface area contributed by atoms with Crippen LogP contribution < -0.4 is 5.32 Å². The molecule has 1 spiro atoms. The van der Waals surface area contributed by atoms with E-state index in [4.69, 9.17) is 24.1 Å². The number of piperidine rings is 1. The van der Waals surface area contributed by atoms with Crippen molar-refractivity contribution in [3.05, 3.63) is 65.2 Å². The molecule has 3 atom stereocenters. The number of ether oxygens (including phenoxy) is 4. The van der Waals surface area contributed by atoms with Crippen LogP contribution in [0.25, 0.3) is 0 Å². The normalized spacial score (nSPS) is 24.1. The predicted octanol–water partition coefficient (Wildman–Crippen LogP) is 4.54. The molecule has 3 unspecified atom stereocenters. The maximum Gasteiger partial charge on any atom is 0.303 e. The van der Waals surface area contributed by atoms with Crippen LogP contribution in [0, 0.1) is 0 Å². The molecule has 0 aliphatic carbocycles. The zero-order valence-electron chi connectivity index (χ0n) is 24.0. The van der Waals surface area contributed by atoms with Gasteiger partial charge >= 0.3 is 5.97 Å². The number of carbonyl (C=O) groups is 2. The molecule has 0 radical (unpaired) electrons. The highest BCUT2D eigenvalue weighted by atomic mass is 16.7. The lowest BCUT2D eigenvalue weighted by Gasteiger charge is -2.41. The maximum absolute atomic E-state index is 12.3. The third kappa shape index (κ3) is 8.37. The van der Waals surface area contributed by atoms with Crippen LogP contribution in [-0.2, 0) is 35.1 Å². The van der Waals surface area contributed by atoms with E-state index in [2.05, 4.69) is 10.2 Å². The standard InChI is InChI=1S/C32H42N2O8/c35-22-23-6-8-24(9-7-23)28-20-27(21-34-16-14-32(15-17-34)39-18-19-40-32)41-31(42-28)25-10-12-26(13-11-25)33-29(36)4-2-1-3-5-30(37)38/h6-13,27-28,31,35H,1-5,14-22H2,(H,33,36)(H,37,38). The second-order valence-electron chi connectivity index (χ2n) is 11.4. The fraction of sp³-hybridized carbons (Fsp3) is 0.562. The van der Waals surface area contributed by atoms with Crippen molar-refractivity contribution in [2.45, 2.75) is 82.3 Å². The molecule has 10 nitrogen and oxygen atoms in total. The Bertz CT molecular complexity index is 1160. The second-order valence-corrected chi connectivity index (χ2v) is 11.4. The van der Waals surface area contributed by atoms with Crippen molar-refractivity contribution in [1.82, 2.24) is 4.90 Å². The molecule has 10 heteroatoms. The summed E-state index contributed by atoms with van der Waals surface area (Å²) in [7, 11) is 0. The zero-order valence-corrected chi connectivity index (χ0v) is 24.0. The summed E-state index contributed by atoms with van der Waals surface area (Å²) in [5, 5.41) is 21.1. The van der Waals surface area contributed by atoms with Crippen molar-refractivity contribution >= 4 is 17.6 Å². The molecular formula is C32H42N2O8. The number of hydrogen-bond donors (Lipinski definition) is 3. The summed E-state index contributed by atoms with van der Waals surface area (Å²) in [6.07, 6.45) is 4.05. The number of rotatable bonds is 12. The molecule has 2 aromatic rings. The van der Waals surface area contributed by atoms with E-state index in [1.807, 2.05) is 48.5 Å². The number of nitrogens with zero attached hydrogens (tertiary/aromatic N) is 1. The van der Waals surface area contributed by atoms with Crippen LogP contribution in [0.5, 0.6) is 0 Å². The Hall–Kier alpha value is -2.86. The van der Waals surface area contributed by atoms with Gasteiger partial charge in [-0.25, -0.2) is 0 Å². The third-order valence-electron chi connectivity index (χ3n) is 8.27. The van der Waals surface area contributed by atoms with E-state index < -0.39 is 18.0 Å². The molecule has 0 aromatic heterocycles. The number of aliphatic hydroxyl groups excluding tert-OH is 1. The van der Waals surface area contributed by atoms with Gasteiger partial charge in [-0.15, -0.1) is 0 Å². The minimum absolute atomic E-state index is 0.00233. The number of benzene rings is 2. The van der Waals surface area contributed by atoms with Crippen molar-refractivity contribution in [3.8, 4) is 0 Å². The third-order valence-corrected chi connectivity index (χ3v) is 8.27. The summed E-state index contributed by atoms with van der Waals surface area (Å²) in [5.41, 5.74) is 3.46. The number of carboxylic acids is 1. The number of carbonyl (C=O) groups excluding carboxylic acids is 1. The van der Waals surface area contributed by atoms with E-state index in [9.17, 15) is 14.7 Å². The maximum atomic E-state index is 12.3. The van der Waals surface area contributed by atoms with Gasteiger partial charge in [0, 0.05) is 63.0 Å². The number of likely N-dealkylation sites (tertiary alicyclic amines) is 1. The molecule has 0 bridgehead atoms. The fourth-order valence-electron chi connectivity index (χ4n) is 5.87. The molecule has 0 saturated carbocycles. The summed E-state index contributed by atoms with van der Waals surface area (Å²) in [5.74, 6) is -1.31. The van der Waals surface area contributed by atoms with Crippen molar-refractivity contribution in [2.75, 3.05) is 38.2 Å². The SMILES string of the molecule is O=C(O)CCCCCC(=O)Nc1ccc(C2OC(CN3CCC4(CC3)OCCO4)CC(c3ccc(CO)cc3)O2)cc1. The van der Waals surface area contributed by atoms with E-state index in [1.54, 1.807) is 0 Å². The lowest BCUT2D eigenvalue weighted by atomic mass is 9.98. The Balaban J connectivity index is 1.20. The largest absolute Gasteiger partial charge is 0.481 e. The van der Waals surface area contributed by atoms with Crippen molar-refractivity contribution in [2.24, 2.45) is 0 Å². The first-order valence-corrected chi connectivity index (χ1v) is 15.0. The highest BCUT2D eigenvalue weighted by Gasteiger charge is 2.41. The van der Waals surface area contributed by atoms with Crippen LogP contribution in [0.1, 0.15) is 80.5 Å². The van der Waals surface area contributed by atoms with E-state index in [0.717, 1.165) is 49.2 Å². The van der Waals surface area contributed by atoms with Gasteiger partial charge < -0.3 is 39.4 Å². The van der Waals surface area contributed by atoms with Crippen LogP contribution >= 0.6 is 0 Å². The fourth-order valence-corrected chi connectivity index (χ4v) is 5.87. The predicted molar refractivity (Wildman–Crippen MR) is 155 cm³/mol. The molecule has 3 aliphatic heterocycles. The van der Waals surface area contributed by atoms with E-state index in [0.29, 0.717) is 51.0 Å². The average molecular weight is 583 g/mol. The molecule has 5 rings (SSSR count). The van der Waals surface area contributed by atoms with Crippen LogP contribution in [0.2, 0.25) is 0 Å². The van der Waals surface area contributed by atoms with Gasteiger partial charge in [-0.3, -0.25) is 9.59 Å². The molecule has 3 N–H and O–H groups in total. The first-order valence-electron chi connectivity index (χ1n) is 15.0. The summed E-state index contributed by atoms with van der Waals surface area (Å²) in [6.45, 7) is 3.88. The van der Waals surface area contributed by atoms with Gasteiger partial charge in [0.25, 0.3) is 0 Å². The molecule has 3 saturated heterocycles. The first kappa shape index (κ1) is 30.6.